The number of hydrogen-bond acceptors (Lipinski definition) is 3. The number of nitrogens with zero attached hydrogens (tertiary/aromatic N) is 2. The lowest BCUT2D eigenvalue weighted by molar-refractivity contribution is 0.198. The Bertz CT molecular complexity index is 778. The summed E-state index contributed by atoms with van der Waals surface area (Å²) in [6, 6.07) is 8.85. The van der Waals surface area contributed by atoms with Crippen LogP contribution >= 0.6 is 0 Å². The first-order valence-electron chi connectivity index (χ1n) is 14.8. The molecular weight excluding hydrogens is 428 g/mol. The van der Waals surface area contributed by atoms with Crippen LogP contribution in [-0.4, -0.2) is 16.6 Å². The van der Waals surface area contributed by atoms with Gasteiger partial charge in [-0.2, -0.15) is 0 Å². The van der Waals surface area contributed by atoms with Crippen molar-refractivity contribution in [2.24, 2.45) is 5.92 Å². The highest BCUT2D eigenvalue weighted by atomic mass is 16.5. The number of benzene rings is 1. The van der Waals surface area contributed by atoms with Crippen molar-refractivity contribution in [1.29, 1.82) is 0 Å². The molecule has 3 rings (SSSR count). The molecule has 1 saturated carbocycles. The first-order valence-corrected chi connectivity index (χ1v) is 14.8. The van der Waals surface area contributed by atoms with E-state index in [2.05, 4.69) is 50.5 Å². The van der Waals surface area contributed by atoms with E-state index in [-0.39, 0.29) is 0 Å². The molecule has 194 valence electrons. The number of hydrogen-bond donors (Lipinski definition) is 0. The number of aromatic nitrogens is 2. The van der Waals surface area contributed by atoms with Gasteiger partial charge in [-0.05, 0) is 80.5 Å². The molecule has 0 aliphatic heterocycles. The lowest BCUT2D eigenvalue weighted by Gasteiger charge is -2.27. The molecule has 3 heteroatoms. The van der Waals surface area contributed by atoms with Gasteiger partial charge in [-0.3, -0.25) is 0 Å². The van der Waals surface area contributed by atoms with Crippen LogP contribution in [0.2, 0.25) is 0 Å². The summed E-state index contributed by atoms with van der Waals surface area (Å²) in [5.74, 6) is 3.24. The minimum Gasteiger partial charge on any atom is -0.493 e. The summed E-state index contributed by atoms with van der Waals surface area (Å²) < 4.78 is 6.16. The van der Waals surface area contributed by atoms with Crippen molar-refractivity contribution < 1.29 is 4.74 Å². The molecule has 0 bridgehead atoms. The van der Waals surface area contributed by atoms with Crippen LogP contribution in [0.3, 0.4) is 0 Å². The van der Waals surface area contributed by atoms with E-state index in [9.17, 15) is 0 Å². The zero-order valence-corrected chi connectivity index (χ0v) is 22.6. The Morgan fingerprint density at radius 1 is 0.657 bits per heavy atom. The Morgan fingerprint density at radius 2 is 1.20 bits per heavy atom. The second kappa shape index (κ2) is 16.7. The van der Waals surface area contributed by atoms with Crippen molar-refractivity contribution in [3.05, 3.63) is 53.6 Å². The van der Waals surface area contributed by atoms with E-state index >= 15 is 0 Å². The van der Waals surface area contributed by atoms with Gasteiger partial charge in [-0.25, -0.2) is 9.97 Å². The molecule has 0 unspecified atom stereocenters. The number of rotatable bonds is 17. The van der Waals surface area contributed by atoms with Crippen LogP contribution in [0, 0.1) is 5.92 Å². The summed E-state index contributed by atoms with van der Waals surface area (Å²) in [5, 5.41) is 0. The highest BCUT2D eigenvalue weighted by molar-refractivity contribution is 5.27. The van der Waals surface area contributed by atoms with Crippen LogP contribution < -0.4 is 4.74 Å². The predicted octanol–water partition coefficient (Wildman–Crippen LogP) is 9.25. The fraction of sp³-hybridized carbons (Fsp3) is 0.688. The van der Waals surface area contributed by atoms with Gasteiger partial charge in [0.05, 0.1) is 6.61 Å². The second-order valence-corrected chi connectivity index (χ2v) is 10.8. The minimum absolute atomic E-state index is 0.520. The Morgan fingerprint density at radius 3 is 1.83 bits per heavy atom. The molecule has 1 aromatic carbocycles. The molecule has 0 atom stereocenters. The van der Waals surface area contributed by atoms with Crippen molar-refractivity contribution in [3.8, 4) is 5.75 Å². The Balaban J connectivity index is 1.29. The van der Waals surface area contributed by atoms with E-state index < -0.39 is 0 Å². The van der Waals surface area contributed by atoms with Gasteiger partial charge in [0.25, 0.3) is 0 Å². The monoisotopic (exact) mass is 478 g/mol. The summed E-state index contributed by atoms with van der Waals surface area (Å²) in [4.78, 5) is 9.46. The first-order chi connectivity index (χ1) is 17.3. The highest BCUT2D eigenvalue weighted by Gasteiger charge is 2.24. The topological polar surface area (TPSA) is 35.0 Å². The third-order valence-electron chi connectivity index (χ3n) is 7.73. The van der Waals surface area contributed by atoms with E-state index in [4.69, 9.17) is 14.7 Å². The largest absolute Gasteiger partial charge is 0.493 e. The highest BCUT2D eigenvalue weighted by Crippen LogP contribution is 2.34. The fourth-order valence-corrected chi connectivity index (χ4v) is 5.30. The van der Waals surface area contributed by atoms with E-state index in [1.165, 1.54) is 114 Å². The summed E-state index contributed by atoms with van der Waals surface area (Å²) in [6.07, 6.45) is 26.0. The Hall–Kier alpha value is -1.90. The SMILES string of the molecule is CCCCCCCCCc1ccc(OC[C@H]2CC[C@H](c3ncc(CCCCCC)cn3)CC2)cc1. The molecule has 1 aliphatic carbocycles. The van der Waals surface area contributed by atoms with Crippen molar-refractivity contribution >= 4 is 0 Å². The summed E-state index contributed by atoms with van der Waals surface area (Å²) in [6.45, 7) is 5.37. The maximum atomic E-state index is 6.16. The van der Waals surface area contributed by atoms with Gasteiger partial charge in [0.2, 0.25) is 0 Å². The number of aryl methyl sites for hydroxylation is 2. The van der Waals surface area contributed by atoms with Crippen molar-refractivity contribution in [2.45, 2.75) is 129 Å². The lowest BCUT2D eigenvalue weighted by atomic mass is 9.82. The molecule has 1 aliphatic rings. The molecule has 0 amide bonds. The summed E-state index contributed by atoms with van der Waals surface area (Å²) in [5.41, 5.74) is 2.73. The van der Waals surface area contributed by atoms with Crippen molar-refractivity contribution in [1.82, 2.24) is 9.97 Å². The van der Waals surface area contributed by atoms with Crippen LogP contribution in [0.25, 0.3) is 0 Å². The van der Waals surface area contributed by atoms with Crippen LogP contribution in [0.1, 0.15) is 133 Å². The molecule has 2 aromatic rings. The van der Waals surface area contributed by atoms with Gasteiger partial charge >= 0.3 is 0 Å². The van der Waals surface area contributed by atoms with E-state index in [1.54, 1.807) is 0 Å². The van der Waals surface area contributed by atoms with Gasteiger partial charge in [0, 0.05) is 18.3 Å². The molecule has 1 aromatic heterocycles. The second-order valence-electron chi connectivity index (χ2n) is 10.8. The molecule has 1 heterocycles. The zero-order valence-electron chi connectivity index (χ0n) is 22.6. The van der Waals surface area contributed by atoms with E-state index in [0.29, 0.717) is 11.8 Å². The van der Waals surface area contributed by atoms with Crippen LogP contribution in [0.5, 0.6) is 5.75 Å². The molecular formula is C32H50N2O. The van der Waals surface area contributed by atoms with Gasteiger partial charge < -0.3 is 4.74 Å². The first kappa shape index (κ1) is 27.7. The maximum absolute atomic E-state index is 6.16. The molecule has 0 radical (unpaired) electrons. The predicted molar refractivity (Wildman–Crippen MR) is 148 cm³/mol. The normalized spacial score (nSPS) is 18.0. The van der Waals surface area contributed by atoms with Gasteiger partial charge in [0.1, 0.15) is 11.6 Å². The number of unbranched alkanes of at least 4 members (excludes halogenated alkanes) is 9. The van der Waals surface area contributed by atoms with Crippen molar-refractivity contribution in [3.63, 3.8) is 0 Å². The minimum atomic E-state index is 0.520. The fourth-order valence-electron chi connectivity index (χ4n) is 5.30. The third kappa shape index (κ3) is 10.7. The van der Waals surface area contributed by atoms with E-state index in [1.807, 2.05) is 0 Å². The molecule has 0 N–H and O–H groups in total. The van der Waals surface area contributed by atoms with E-state index in [0.717, 1.165) is 24.6 Å². The average Bonchev–Trinajstić information content (AvgIpc) is 2.91. The molecule has 35 heavy (non-hydrogen) atoms. The van der Waals surface area contributed by atoms with Gasteiger partial charge in [-0.1, -0.05) is 83.8 Å². The average molecular weight is 479 g/mol. The third-order valence-corrected chi connectivity index (χ3v) is 7.73. The maximum Gasteiger partial charge on any atom is 0.131 e. The Labute approximate surface area is 215 Å². The number of ether oxygens (including phenoxy) is 1. The van der Waals surface area contributed by atoms with Crippen LogP contribution in [0.4, 0.5) is 0 Å². The van der Waals surface area contributed by atoms with Crippen molar-refractivity contribution in [2.75, 3.05) is 6.61 Å². The molecule has 3 nitrogen and oxygen atoms in total. The van der Waals surface area contributed by atoms with Gasteiger partial charge in [0.15, 0.2) is 0 Å². The molecule has 1 fully saturated rings. The quantitative estimate of drug-likeness (QED) is 0.212. The molecule has 0 spiro atoms. The lowest BCUT2D eigenvalue weighted by Crippen LogP contribution is -2.20. The zero-order chi connectivity index (χ0) is 24.6. The van der Waals surface area contributed by atoms with Crippen LogP contribution in [0.15, 0.2) is 36.7 Å². The summed E-state index contributed by atoms with van der Waals surface area (Å²) >= 11 is 0. The standard InChI is InChI=1S/C32H50N2O/c1-3-5-7-9-10-11-13-14-27-18-22-31(23-19-27)35-26-28-16-20-30(21-17-28)32-33-24-29(25-34-32)15-12-8-6-4-2/h18-19,22-25,28,30H,3-17,20-21,26H2,1-2H3/t28-,30-. The van der Waals surface area contributed by atoms with Crippen LogP contribution in [-0.2, 0) is 12.8 Å². The summed E-state index contributed by atoms with van der Waals surface area (Å²) in [7, 11) is 0. The van der Waals surface area contributed by atoms with Gasteiger partial charge in [-0.15, -0.1) is 0 Å². The smallest absolute Gasteiger partial charge is 0.131 e. The Kier molecular flexibility index (Phi) is 13.2. The molecule has 0 saturated heterocycles.